The molecule has 0 bridgehead atoms. The normalized spacial score (nSPS) is 11.2. The van der Waals surface area contributed by atoms with Gasteiger partial charge in [-0.15, -0.1) is 0 Å². The Morgan fingerprint density at radius 3 is 0.312 bits per heavy atom. The van der Waals surface area contributed by atoms with Crippen LogP contribution in [0.3, 0.4) is 0 Å². The van der Waals surface area contributed by atoms with Crippen LogP contribution in [0.15, 0.2) is 0 Å². The van der Waals surface area contributed by atoms with Crippen LogP contribution in [0, 0.1) is 0 Å². The molecule has 0 nitrogen and oxygen atoms in total. The summed E-state index contributed by atoms with van der Waals surface area (Å²) >= 11 is 0. The van der Waals surface area contributed by atoms with Gasteiger partial charge in [0.1, 0.15) is 0 Å². The molecular weight excluding hydrogens is 324 g/mol. The van der Waals surface area contributed by atoms with Gasteiger partial charge in [0.05, 0.1) is 0 Å². The Morgan fingerprint density at radius 2 is 0.312 bits per heavy atom. The molecule has 0 saturated carbocycles. The Bertz CT molecular complexity index is 91.3. The van der Waals surface area contributed by atoms with Crippen molar-refractivity contribution >= 4 is 21.8 Å². The van der Waals surface area contributed by atoms with Crippen LogP contribution in [0.1, 0.15) is 0 Å². The van der Waals surface area contributed by atoms with E-state index >= 15 is 0 Å². The Labute approximate surface area is 91.5 Å². The standard InChI is InChI=1S/3BF4.Cu/c3*2-1(3,4)5;/q3*-1;. The van der Waals surface area contributed by atoms with Gasteiger partial charge in [0.15, 0.2) is 0 Å². The molecule has 0 fully saturated rings. The van der Waals surface area contributed by atoms with E-state index in [0.717, 1.165) is 0 Å². The van der Waals surface area contributed by atoms with Gasteiger partial charge in [-0.2, -0.15) is 0 Å². The van der Waals surface area contributed by atoms with Gasteiger partial charge in [-0.25, -0.2) is 0 Å². The van der Waals surface area contributed by atoms with E-state index in [9.17, 15) is 51.8 Å². The van der Waals surface area contributed by atoms with Crippen molar-refractivity contribution in [1.82, 2.24) is 0 Å². The zero-order valence-electron chi connectivity index (χ0n) is 6.57. The average molecular weight is 324 g/mol. The predicted molar refractivity (Wildman–Crippen MR) is 30.6 cm³/mol. The second kappa shape index (κ2) is 8.96. The van der Waals surface area contributed by atoms with E-state index in [1.807, 2.05) is 0 Å². The summed E-state index contributed by atoms with van der Waals surface area (Å²) in [5.41, 5.74) is 0. The van der Waals surface area contributed by atoms with Crippen molar-refractivity contribution in [3.8, 4) is 0 Å². The van der Waals surface area contributed by atoms with Crippen molar-refractivity contribution in [2.24, 2.45) is 0 Å². The van der Waals surface area contributed by atoms with Crippen LogP contribution in [0.4, 0.5) is 51.8 Å². The van der Waals surface area contributed by atoms with E-state index in [4.69, 9.17) is 0 Å². The largest absolute Gasteiger partial charge is 0.673 e. The third-order valence-corrected chi connectivity index (χ3v) is 0. The number of rotatable bonds is 0. The zero-order valence-corrected chi connectivity index (χ0v) is 7.51. The summed E-state index contributed by atoms with van der Waals surface area (Å²) in [7, 11) is -18.0. The van der Waals surface area contributed by atoms with Crippen molar-refractivity contribution in [3.05, 3.63) is 0 Å². The maximum atomic E-state index is 9.75. The molecule has 0 aromatic rings. The fourth-order valence-electron chi connectivity index (χ4n) is 0. The van der Waals surface area contributed by atoms with E-state index in [-0.39, 0.29) is 17.1 Å². The number of halogens is 12. The topological polar surface area (TPSA) is 0 Å². The van der Waals surface area contributed by atoms with Crippen LogP contribution < -0.4 is 0 Å². The van der Waals surface area contributed by atoms with Crippen molar-refractivity contribution in [2.45, 2.75) is 0 Å². The summed E-state index contributed by atoms with van der Waals surface area (Å²) in [5, 5.41) is 0. The number of hydrogen-bond donors (Lipinski definition) is 0. The van der Waals surface area contributed by atoms with Gasteiger partial charge in [-0.05, 0) is 0 Å². The van der Waals surface area contributed by atoms with Gasteiger partial charge in [0, 0.05) is 17.1 Å². The molecular formula is B3CuF12-3. The minimum absolute atomic E-state index is 0. The SMILES string of the molecule is F[B-](F)(F)F.F[B-](F)(F)F.F[B-](F)(F)F.[Cu]. The molecule has 16 heavy (non-hydrogen) atoms. The van der Waals surface area contributed by atoms with E-state index in [2.05, 4.69) is 0 Å². The third-order valence-electron chi connectivity index (χ3n) is 0. The summed E-state index contributed by atoms with van der Waals surface area (Å²) < 4.78 is 117. The summed E-state index contributed by atoms with van der Waals surface area (Å²) in [4.78, 5) is 0. The van der Waals surface area contributed by atoms with Crippen LogP contribution in [0.5, 0.6) is 0 Å². The first-order chi connectivity index (χ1) is 6.00. The van der Waals surface area contributed by atoms with Gasteiger partial charge < -0.3 is 51.8 Å². The van der Waals surface area contributed by atoms with E-state index in [1.54, 1.807) is 0 Å². The third kappa shape index (κ3) is 146000. The van der Waals surface area contributed by atoms with Crippen LogP contribution >= 0.6 is 0 Å². The maximum Gasteiger partial charge on any atom is 0.673 e. The predicted octanol–water partition coefficient (Wildman–Crippen LogP) is 3.90. The van der Waals surface area contributed by atoms with Crippen LogP contribution in [0.25, 0.3) is 0 Å². The van der Waals surface area contributed by atoms with Gasteiger partial charge in [0.2, 0.25) is 0 Å². The molecule has 0 aromatic heterocycles. The first-order valence-corrected chi connectivity index (χ1v) is 2.62. The van der Waals surface area contributed by atoms with Gasteiger partial charge in [-0.1, -0.05) is 0 Å². The fourth-order valence-corrected chi connectivity index (χ4v) is 0. The summed E-state index contributed by atoms with van der Waals surface area (Å²) in [6, 6.07) is 0. The summed E-state index contributed by atoms with van der Waals surface area (Å²) in [6.07, 6.45) is 0. The molecule has 0 atom stereocenters. The van der Waals surface area contributed by atoms with Crippen LogP contribution in [-0.4, -0.2) is 21.8 Å². The summed E-state index contributed by atoms with van der Waals surface area (Å²) in [5.74, 6) is 0. The Balaban J connectivity index is -0.0000000655. The minimum Gasteiger partial charge on any atom is -0.418 e. The van der Waals surface area contributed by atoms with Gasteiger partial charge in [-0.3, -0.25) is 0 Å². The average Bonchev–Trinajstić information content (AvgIpc) is 1.41. The molecule has 0 aliphatic heterocycles. The maximum absolute atomic E-state index is 9.75. The van der Waals surface area contributed by atoms with Gasteiger partial charge in [0.25, 0.3) is 0 Å². The first-order valence-electron chi connectivity index (χ1n) is 2.62. The Hall–Kier alpha value is -0.126. The van der Waals surface area contributed by atoms with Crippen molar-refractivity contribution in [2.75, 3.05) is 0 Å². The molecule has 0 N–H and O–H groups in total. The van der Waals surface area contributed by atoms with E-state index < -0.39 is 21.8 Å². The molecule has 0 aromatic carbocycles. The van der Waals surface area contributed by atoms with Crippen molar-refractivity contribution < 1.29 is 68.9 Å². The monoisotopic (exact) mass is 324 g/mol. The zero-order chi connectivity index (χ0) is 13.5. The van der Waals surface area contributed by atoms with E-state index in [1.165, 1.54) is 0 Å². The first kappa shape index (κ1) is 24.9. The van der Waals surface area contributed by atoms with Crippen molar-refractivity contribution in [1.29, 1.82) is 0 Å². The second-order valence-corrected chi connectivity index (χ2v) is 1.48. The molecule has 0 saturated heterocycles. The van der Waals surface area contributed by atoms with Gasteiger partial charge >= 0.3 is 21.8 Å². The quantitative estimate of drug-likeness (QED) is 0.468. The van der Waals surface area contributed by atoms with Crippen LogP contribution in [-0.2, 0) is 17.1 Å². The smallest absolute Gasteiger partial charge is 0.418 e. The molecule has 0 aliphatic rings. The van der Waals surface area contributed by atoms with Crippen LogP contribution in [0.2, 0.25) is 0 Å². The molecule has 16 heteroatoms. The molecule has 0 rings (SSSR count). The fraction of sp³-hybridized carbons (Fsp3) is 0. The van der Waals surface area contributed by atoms with Crippen molar-refractivity contribution in [3.63, 3.8) is 0 Å². The Morgan fingerprint density at radius 1 is 0.312 bits per heavy atom. The molecule has 1 radical (unpaired) electrons. The number of hydrogen-bond acceptors (Lipinski definition) is 0. The minimum atomic E-state index is -6.00. The Kier molecular flexibility index (Phi) is 14.0. The van der Waals surface area contributed by atoms with E-state index in [0.29, 0.717) is 0 Å². The second-order valence-electron chi connectivity index (χ2n) is 1.48. The molecule has 0 aliphatic carbocycles. The summed E-state index contributed by atoms with van der Waals surface area (Å²) in [6.45, 7) is 0. The molecule has 0 unspecified atom stereocenters. The molecule has 0 heterocycles. The molecule has 0 spiro atoms. The molecule has 107 valence electrons. The molecule has 0 amide bonds.